The van der Waals surface area contributed by atoms with Crippen LogP contribution in [0.5, 0.6) is 5.75 Å². The zero-order chi connectivity index (χ0) is 27.2. The highest BCUT2D eigenvalue weighted by molar-refractivity contribution is 7.92. The van der Waals surface area contributed by atoms with Crippen LogP contribution in [0.2, 0.25) is 15.1 Å². The second kappa shape index (κ2) is 12.9. The molecule has 0 aliphatic heterocycles. The third kappa shape index (κ3) is 7.90. The average molecular weight is 579 g/mol. The number of carbonyl (C=O) groups is 2. The summed E-state index contributed by atoms with van der Waals surface area (Å²) in [6.07, 6.45) is 1.26. The largest absolute Gasteiger partial charge is 0.495 e. The number of methoxy groups -OCH3 is 1. The van der Waals surface area contributed by atoms with Gasteiger partial charge in [-0.2, -0.15) is 0 Å². The molecule has 0 radical (unpaired) electrons. The highest BCUT2D eigenvalue weighted by Crippen LogP contribution is 2.33. The SMILES string of the molecule is CC[C@@H](C(=O)NC(C)C)N(Cc1ccc(Cl)cc1Cl)C(=O)CN(c1cc(Cl)ccc1OC)S(C)(=O)=O. The number of hydrogen-bond acceptors (Lipinski definition) is 5. The second-order valence-corrected chi connectivity index (χ2v) is 11.6. The Kier molecular flexibility index (Phi) is 10.7. The van der Waals surface area contributed by atoms with Gasteiger partial charge in [0, 0.05) is 27.7 Å². The monoisotopic (exact) mass is 577 g/mol. The summed E-state index contributed by atoms with van der Waals surface area (Å²) in [7, 11) is -2.57. The van der Waals surface area contributed by atoms with Gasteiger partial charge in [0.15, 0.2) is 0 Å². The second-order valence-electron chi connectivity index (χ2n) is 8.43. The number of nitrogens with zero attached hydrogens (tertiary/aromatic N) is 2. The molecule has 0 fully saturated rings. The first-order valence-electron chi connectivity index (χ1n) is 11.1. The lowest BCUT2D eigenvalue weighted by atomic mass is 10.1. The number of hydrogen-bond donors (Lipinski definition) is 1. The van der Waals surface area contributed by atoms with Crippen LogP contribution in [0.25, 0.3) is 0 Å². The summed E-state index contributed by atoms with van der Waals surface area (Å²) in [4.78, 5) is 28.1. The minimum Gasteiger partial charge on any atom is -0.495 e. The third-order valence-corrected chi connectivity index (χ3v) is 7.21. The number of anilines is 1. The minimum atomic E-state index is -3.95. The van der Waals surface area contributed by atoms with E-state index >= 15 is 0 Å². The molecule has 0 unspecified atom stereocenters. The maximum absolute atomic E-state index is 13.7. The van der Waals surface area contributed by atoms with Crippen molar-refractivity contribution >= 4 is 62.3 Å². The smallest absolute Gasteiger partial charge is 0.244 e. The van der Waals surface area contributed by atoms with E-state index in [1.54, 1.807) is 25.1 Å². The molecule has 0 aliphatic carbocycles. The van der Waals surface area contributed by atoms with Crippen molar-refractivity contribution in [1.82, 2.24) is 10.2 Å². The normalized spacial score (nSPS) is 12.2. The van der Waals surface area contributed by atoms with E-state index in [4.69, 9.17) is 39.5 Å². The highest BCUT2D eigenvalue weighted by atomic mass is 35.5. The van der Waals surface area contributed by atoms with Crippen LogP contribution in [0.1, 0.15) is 32.8 Å². The Morgan fingerprint density at radius 2 is 1.67 bits per heavy atom. The number of nitrogens with one attached hydrogen (secondary N) is 1. The molecular weight excluding hydrogens is 549 g/mol. The first kappa shape index (κ1) is 30.0. The van der Waals surface area contributed by atoms with E-state index in [1.165, 1.54) is 30.2 Å². The Bertz CT molecular complexity index is 1210. The molecule has 2 aromatic carbocycles. The Labute approximate surface area is 227 Å². The molecule has 0 aliphatic rings. The standard InChI is InChI=1S/C24H30Cl3N3O5S/c1-6-20(24(32)28-15(2)3)29(13-16-7-8-17(25)11-19(16)27)23(31)14-30(36(5,33)34)21-12-18(26)9-10-22(21)35-4/h7-12,15,20H,6,13-14H2,1-5H3,(H,28,32)/t20-/m0/s1. The van der Waals surface area contributed by atoms with Crippen molar-refractivity contribution in [2.24, 2.45) is 0 Å². The van der Waals surface area contributed by atoms with Gasteiger partial charge in [-0.25, -0.2) is 8.42 Å². The molecule has 12 heteroatoms. The highest BCUT2D eigenvalue weighted by Gasteiger charge is 2.33. The van der Waals surface area contributed by atoms with E-state index < -0.39 is 28.5 Å². The summed E-state index contributed by atoms with van der Waals surface area (Å²) >= 11 is 18.5. The van der Waals surface area contributed by atoms with Crippen LogP contribution < -0.4 is 14.4 Å². The van der Waals surface area contributed by atoms with Crippen molar-refractivity contribution in [1.29, 1.82) is 0 Å². The molecule has 0 bridgehead atoms. The van der Waals surface area contributed by atoms with E-state index in [0.717, 1.165) is 10.6 Å². The predicted molar refractivity (Wildman–Crippen MR) is 145 cm³/mol. The molecular formula is C24H30Cl3N3O5S. The molecule has 2 rings (SSSR count). The number of sulfonamides is 1. The molecule has 0 saturated carbocycles. The van der Waals surface area contributed by atoms with Gasteiger partial charge in [-0.05, 0) is 56.2 Å². The van der Waals surface area contributed by atoms with Gasteiger partial charge in [0.25, 0.3) is 0 Å². The first-order chi connectivity index (χ1) is 16.8. The van der Waals surface area contributed by atoms with Gasteiger partial charge in [-0.1, -0.05) is 47.8 Å². The Morgan fingerprint density at radius 3 is 2.19 bits per heavy atom. The zero-order valence-corrected chi connectivity index (χ0v) is 23.8. The van der Waals surface area contributed by atoms with Gasteiger partial charge < -0.3 is 15.0 Å². The topological polar surface area (TPSA) is 96.0 Å². The van der Waals surface area contributed by atoms with Gasteiger partial charge in [-0.15, -0.1) is 0 Å². The van der Waals surface area contributed by atoms with Gasteiger partial charge in [-0.3, -0.25) is 13.9 Å². The summed E-state index contributed by atoms with van der Waals surface area (Å²) in [5.74, 6) is -0.758. The van der Waals surface area contributed by atoms with E-state index in [9.17, 15) is 18.0 Å². The molecule has 0 saturated heterocycles. The fraction of sp³-hybridized carbons (Fsp3) is 0.417. The number of benzene rings is 2. The van der Waals surface area contributed by atoms with Gasteiger partial charge in [0.1, 0.15) is 18.3 Å². The summed E-state index contributed by atoms with van der Waals surface area (Å²) < 4.78 is 31.8. The lowest BCUT2D eigenvalue weighted by Gasteiger charge is -2.33. The Hall–Kier alpha value is -2.20. The molecule has 0 spiro atoms. The van der Waals surface area contributed by atoms with Crippen LogP contribution in [0.3, 0.4) is 0 Å². The Balaban J connectivity index is 2.55. The fourth-order valence-corrected chi connectivity index (χ4v) is 5.07. The molecule has 36 heavy (non-hydrogen) atoms. The van der Waals surface area contributed by atoms with E-state index in [2.05, 4.69) is 5.32 Å². The van der Waals surface area contributed by atoms with E-state index in [0.29, 0.717) is 15.6 Å². The number of ether oxygens (including phenoxy) is 1. The maximum Gasteiger partial charge on any atom is 0.244 e. The minimum absolute atomic E-state index is 0.0386. The van der Waals surface area contributed by atoms with Crippen molar-refractivity contribution in [2.45, 2.75) is 45.8 Å². The van der Waals surface area contributed by atoms with Gasteiger partial charge in [0.2, 0.25) is 21.8 Å². The van der Waals surface area contributed by atoms with Crippen molar-refractivity contribution in [2.75, 3.05) is 24.2 Å². The summed E-state index contributed by atoms with van der Waals surface area (Å²) in [5.41, 5.74) is 0.654. The zero-order valence-electron chi connectivity index (χ0n) is 20.7. The average Bonchev–Trinajstić information content (AvgIpc) is 2.77. The number of carbonyl (C=O) groups excluding carboxylic acids is 2. The van der Waals surface area contributed by atoms with E-state index in [1.807, 2.05) is 13.8 Å². The molecule has 8 nitrogen and oxygen atoms in total. The molecule has 1 N–H and O–H groups in total. The van der Waals surface area contributed by atoms with E-state index in [-0.39, 0.29) is 41.4 Å². The lowest BCUT2D eigenvalue weighted by Crippen LogP contribution is -2.53. The lowest BCUT2D eigenvalue weighted by molar-refractivity contribution is -0.140. The van der Waals surface area contributed by atoms with Crippen molar-refractivity contribution in [3.63, 3.8) is 0 Å². The van der Waals surface area contributed by atoms with Crippen LogP contribution >= 0.6 is 34.8 Å². The van der Waals surface area contributed by atoms with Crippen LogP contribution in [0.15, 0.2) is 36.4 Å². The van der Waals surface area contributed by atoms with Gasteiger partial charge in [0.05, 0.1) is 19.1 Å². The maximum atomic E-state index is 13.7. The summed E-state index contributed by atoms with van der Waals surface area (Å²) in [5, 5.41) is 3.82. The Morgan fingerprint density at radius 1 is 1.06 bits per heavy atom. The molecule has 0 heterocycles. The van der Waals surface area contributed by atoms with Crippen LogP contribution in [-0.4, -0.2) is 57.1 Å². The number of halogens is 3. The van der Waals surface area contributed by atoms with Gasteiger partial charge >= 0.3 is 0 Å². The summed E-state index contributed by atoms with van der Waals surface area (Å²) in [6, 6.07) is 8.24. The van der Waals surface area contributed by atoms with Crippen LogP contribution in [0, 0.1) is 0 Å². The molecule has 2 amide bonds. The number of rotatable bonds is 11. The van der Waals surface area contributed by atoms with Crippen LogP contribution in [-0.2, 0) is 26.2 Å². The molecule has 2 aromatic rings. The fourth-order valence-electron chi connectivity index (χ4n) is 3.59. The predicted octanol–water partition coefficient (Wildman–Crippen LogP) is 4.75. The number of amides is 2. The van der Waals surface area contributed by atoms with Crippen molar-refractivity contribution < 1.29 is 22.7 Å². The first-order valence-corrected chi connectivity index (χ1v) is 14.1. The third-order valence-electron chi connectivity index (χ3n) is 5.26. The molecule has 0 aromatic heterocycles. The quantitative estimate of drug-likeness (QED) is 0.415. The van der Waals surface area contributed by atoms with Crippen LogP contribution in [0.4, 0.5) is 5.69 Å². The van der Waals surface area contributed by atoms with Crippen molar-refractivity contribution in [3.8, 4) is 5.75 Å². The molecule has 198 valence electrons. The summed E-state index contributed by atoms with van der Waals surface area (Å²) in [6.45, 7) is 4.76. The van der Waals surface area contributed by atoms with Crippen molar-refractivity contribution in [3.05, 3.63) is 57.0 Å². The molecule has 1 atom stereocenters.